The summed E-state index contributed by atoms with van der Waals surface area (Å²) in [6.45, 7) is 0.277. The highest BCUT2D eigenvalue weighted by Crippen LogP contribution is 2.25. The standard InChI is InChI=1S/C12H10ClF3N2O/c13-4-9(19)17-2-1-6-5-18-12-7(6)3-8(14)10(15)11(12)16/h3,5,18H,1-2,4H2,(H,17,19). The molecule has 0 bridgehead atoms. The van der Waals surface area contributed by atoms with Crippen LogP contribution in [-0.2, 0) is 11.2 Å². The number of aromatic nitrogens is 1. The number of alkyl halides is 1. The Labute approximate surface area is 111 Å². The van der Waals surface area contributed by atoms with Gasteiger partial charge >= 0.3 is 0 Å². The van der Waals surface area contributed by atoms with Gasteiger partial charge in [-0.1, -0.05) is 0 Å². The summed E-state index contributed by atoms with van der Waals surface area (Å²) in [6, 6.07) is 0.933. The summed E-state index contributed by atoms with van der Waals surface area (Å²) in [7, 11) is 0. The van der Waals surface area contributed by atoms with E-state index in [2.05, 4.69) is 10.3 Å². The van der Waals surface area contributed by atoms with E-state index in [0.29, 0.717) is 12.0 Å². The summed E-state index contributed by atoms with van der Waals surface area (Å²) >= 11 is 5.31. The number of rotatable bonds is 4. The van der Waals surface area contributed by atoms with Crippen molar-refractivity contribution in [1.29, 1.82) is 0 Å². The molecule has 1 aromatic carbocycles. The van der Waals surface area contributed by atoms with E-state index in [1.165, 1.54) is 6.20 Å². The van der Waals surface area contributed by atoms with Crippen LogP contribution in [0.3, 0.4) is 0 Å². The Morgan fingerprint density at radius 1 is 1.32 bits per heavy atom. The van der Waals surface area contributed by atoms with Crippen LogP contribution in [0.2, 0.25) is 0 Å². The van der Waals surface area contributed by atoms with E-state index in [1.54, 1.807) is 0 Å². The van der Waals surface area contributed by atoms with E-state index in [4.69, 9.17) is 11.6 Å². The van der Waals surface area contributed by atoms with Crippen LogP contribution in [0.25, 0.3) is 10.9 Å². The van der Waals surface area contributed by atoms with Gasteiger partial charge in [0, 0.05) is 18.1 Å². The molecule has 1 aromatic heterocycles. The van der Waals surface area contributed by atoms with Crippen LogP contribution >= 0.6 is 11.6 Å². The van der Waals surface area contributed by atoms with Gasteiger partial charge in [-0.3, -0.25) is 4.79 Å². The second-order valence-electron chi connectivity index (χ2n) is 3.96. The summed E-state index contributed by atoms with van der Waals surface area (Å²) in [5.41, 5.74) is 0.500. The lowest BCUT2D eigenvalue weighted by molar-refractivity contribution is -0.118. The number of halogens is 4. The van der Waals surface area contributed by atoms with Crippen LogP contribution in [0, 0.1) is 17.5 Å². The maximum atomic E-state index is 13.4. The first kappa shape index (κ1) is 13.7. The Morgan fingerprint density at radius 3 is 2.74 bits per heavy atom. The number of nitrogens with one attached hydrogen (secondary N) is 2. The highest BCUT2D eigenvalue weighted by atomic mass is 35.5. The molecule has 0 spiro atoms. The average Bonchev–Trinajstić information content (AvgIpc) is 2.79. The SMILES string of the molecule is O=C(CCl)NCCc1c[nH]c2c(F)c(F)c(F)cc12. The van der Waals surface area contributed by atoms with Crippen LogP contribution < -0.4 is 5.32 Å². The Bertz CT molecular complexity index is 627. The van der Waals surface area contributed by atoms with Gasteiger partial charge in [0.15, 0.2) is 17.5 Å². The molecule has 0 aliphatic heterocycles. The monoisotopic (exact) mass is 290 g/mol. The number of carbonyl (C=O) groups excluding carboxylic acids is 1. The predicted molar refractivity (Wildman–Crippen MR) is 65.6 cm³/mol. The molecule has 1 amide bonds. The molecule has 2 N–H and O–H groups in total. The Hall–Kier alpha value is -1.69. The zero-order chi connectivity index (χ0) is 14.0. The van der Waals surface area contributed by atoms with Crippen molar-refractivity contribution in [2.45, 2.75) is 6.42 Å². The number of hydrogen-bond donors (Lipinski definition) is 2. The zero-order valence-corrected chi connectivity index (χ0v) is 10.5. The van der Waals surface area contributed by atoms with E-state index in [-0.39, 0.29) is 29.2 Å². The van der Waals surface area contributed by atoms with Gasteiger partial charge in [-0.15, -0.1) is 11.6 Å². The first-order chi connectivity index (χ1) is 9.04. The third-order valence-corrected chi connectivity index (χ3v) is 2.98. The average molecular weight is 291 g/mol. The van der Waals surface area contributed by atoms with Crippen LogP contribution in [0.15, 0.2) is 12.3 Å². The number of H-pyrrole nitrogens is 1. The van der Waals surface area contributed by atoms with Gasteiger partial charge in [0.05, 0.1) is 5.52 Å². The molecule has 1 heterocycles. The second kappa shape index (κ2) is 5.52. The largest absolute Gasteiger partial charge is 0.358 e. The molecule has 2 aromatic rings. The van der Waals surface area contributed by atoms with Crippen LogP contribution in [0.4, 0.5) is 13.2 Å². The lowest BCUT2D eigenvalue weighted by atomic mass is 10.1. The molecule has 0 fully saturated rings. The third-order valence-electron chi connectivity index (χ3n) is 2.74. The van der Waals surface area contributed by atoms with Gasteiger partial charge in [-0.2, -0.15) is 0 Å². The minimum absolute atomic E-state index is 0.0856. The van der Waals surface area contributed by atoms with Gasteiger partial charge in [-0.05, 0) is 18.1 Å². The Balaban J connectivity index is 2.23. The van der Waals surface area contributed by atoms with Crippen molar-refractivity contribution in [1.82, 2.24) is 10.3 Å². The van der Waals surface area contributed by atoms with E-state index in [9.17, 15) is 18.0 Å². The molecular weight excluding hydrogens is 281 g/mol. The second-order valence-corrected chi connectivity index (χ2v) is 4.22. The molecule has 0 saturated heterocycles. The van der Waals surface area contributed by atoms with Gasteiger partial charge < -0.3 is 10.3 Å². The van der Waals surface area contributed by atoms with Gasteiger partial charge in [-0.25, -0.2) is 13.2 Å². The van der Waals surface area contributed by atoms with Crippen molar-refractivity contribution in [2.24, 2.45) is 0 Å². The molecule has 2 rings (SSSR count). The quantitative estimate of drug-likeness (QED) is 0.659. The zero-order valence-electron chi connectivity index (χ0n) is 9.70. The molecule has 19 heavy (non-hydrogen) atoms. The number of fused-ring (bicyclic) bond motifs is 1. The highest BCUT2D eigenvalue weighted by Gasteiger charge is 2.16. The fourth-order valence-corrected chi connectivity index (χ4v) is 1.91. The Kier molecular flexibility index (Phi) is 3.99. The lowest BCUT2D eigenvalue weighted by Crippen LogP contribution is -2.26. The van der Waals surface area contributed by atoms with Crippen molar-refractivity contribution in [3.05, 3.63) is 35.3 Å². The number of benzene rings is 1. The number of hydrogen-bond acceptors (Lipinski definition) is 1. The number of aromatic amines is 1. The molecular formula is C12H10ClF3N2O. The van der Waals surface area contributed by atoms with Crippen molar-refractivity contribution in [3.8, 4) is 0 Å². The maximum absolute atomic E-state index is 13.4. The summed E-state index contributed by atoms with van der Waals surface area (Å²) in [5, 5.41) is 2.79. The van der Waals surface area contributed by atoms with Gasteiger partial charge in [0.2, 0.25) is 5.91 Å². The van der Waals surface area contributed by atoms with E-state index >= 15 is 0 Å². The van der Waals surface area contributed by atoms with Gasteiger partial charge in [0.1, 0.15) is 5.88 Å². The molecule has 102 valence electrons. The molecule has 0 radical (unpaired) electrons. The molecule has 0 saturated carbocycles. The lowest BCUT2D eigenvalue weighted by Gasteiger charge is -2.03. The van der Waals surface area contributed by atoms with E-state index in [0.717, 1.165) is 6.07 Å². The minimum atomic E-state index is -1.50. The predicted octanol–water partition coefficient (Wildman–Crippen LogP) is 2.48. The molecule has 0 unspecified atom stereocenters. The van der Waals surface area contributed by atoms with Crippen molar-refractivity contribution in [2.75, 3.05) is 12.4 Å². The Morgan fingerprint density at radius 2 is 2.05 bits per heavy atom. The summed E-state index contributed by atoms with van der Waals surface area (Å²) in [6.07, 6.45) is 1.81. The molecule has 0 atom stereocenters. The first-order valence-corrected chi connectivity index (χ1v) is 6.04. The third kappa shape index (κ3) is 2.68. The maximum Gasteiger partial charge on any atom is 0.234 e. The molecule has 3 nitrogen and oxygen atoms in total. The number of carbonyl (C=O) groups is 1. The normalized spacial score (nSPS) is 10.9. The minimum Gasteiger partial charge on any atom is -0.358 e. The van der Waals surface area contributed by atoms with Crippen LogP contribution in [-0.4, -0.2) is 23.3 Å². The summed E-state index contributed by atoms with van der Waals surface area (Å²) < 4.78 is 39.6. The highest BCUT2D eigenvalue weighted by molar-refractivity contribution is 6.27. The van der Waals surface area contributed by atoms with E-state index in [1.807, 2.05) is 0 Å². The van der Waals surface area contributed by atoms with Crippen molar-refractivity contribution >= 4 is 28.4 Å². The summed E-state index contributed by atoms with van der Waals surface area (Å²) in [4.78, 5) is 13.5. The topological polar surface area (TPSA) is 44.9 Å². The summed E-state index contributed by atoms with van der Waals surface area (Å²) in [5.74, 6) is -4.47. The molecule has 7 heteroatoms. The van der Waals surface area contributed by atoms with Crippen LogP contribution in [0.5, 0.6) is 0 Å². The van der Waals surface area contributed by atoms with Crippen molar-refractivity contribution in [3.63, 3.8) is 0 Å². The van der Waals surface area contributed by atoms with Crippen molar-refractivity contribution < 1.29 is 18.0 Å². The fourth-order valence-electron chi connectivity index (χ4n) is 1.82. The van der Waals surface area contributed by atoms with Crippen LogP contribution in [0.1, 0.15) is 5.56 Å². The smallest absolute Gasteiger partial charge is 0.234 e. The number of amides is 1. The first-order valence-electron chi connectivity index (χ1n) is 5.50. The molecule has 0 aliphatic carbocycles. The molecule has 0 aliphatic rings. The fraction of sp³-hybridized carbons (Fsp3) is 0.250. The van der Waals surface area contributed by atoms with Gasteiger partial charge in [0.25, 0.3) is 0 Å². The van der Waals surface area contributed by atoms with E-state index < -0.39 is 17.5 Å².